The SMILES string of the molecule is Cc1ccccc1C1(CNC(=O)[C@@H](N)CC(C)C)CCOCC1. The predicted molar refractivity (Wildman–Crippen MR) is 93.4 cm³/mol. The molecule has 1 aromatic rings. The highest BCUT2D eigenvalue weighted by Gasteiger charge is 2.36. The van der Waals surface area contributed by atoms with Crippen LogP contribution in [-0.2, 0) is 14.9 Å². The molecule has 23 heavy (non-hydrogen) atoms. The maximum absolute atomic E-state index is 12.3. The summed E-state index contributed by atoms with van der Waals surface area (Å²) in [5.41, 5.74) is 8.56. The van der Waals surface area contributed by atoms with Crippen molar-refractivity contribution in [3.8, 4) is 0 Å². The van der Waals surface area contributed by atoms with Crippen molar-refractivity contribution in [3.05, 3.63) is 35.4 Å². The number of benzene rings is 1. The van der Waals surface area contributed by atoms with E-state index in [9.17, 15) is 4.79 Å². The Kier molecular flexibility index (Phi) is 6.19. The van der Waals surface area contributed by atoms with Crippen LogP contribution < -0.4 is 11.1 Å². The number of nitrogens with two attached hydrogens (primary N) is 1. The van der Waals surface area contributed by atoms with Gasteiger partial charge in [0.2, 0.25) is 5.91 Å². The molecule has 3 N–H and O–H groups in total. The van der Waals surface area contributed by atoms with Gasteiger partial charge in [-0.1, -0.05) is 38.1 Å². The van der Waals surface area contributed by atoms with Crippen molar-refractivity contribution in [1.82, 2.24) is 5.32 Å². The van der Waals surface area contributed by atoms with E-state index in [1.807, 2.05) is 0 Å². The van der Waals surface area contributed by atoms with Crippen molar-refractivity contribution < 1.29 is 9.53 Å². The number of ether oxygens (including phenoxy) is 1. The lowest BCUT2D eigenvalue weighted by atomic mass is 9.72. The molecule has 0 aliphatic carbocycles. The minimum absolute atomic E-state index is 0.0434. The van der Waals surface area contributed by atoms with E-state index in [-0.39, 0.29) is 11.3 Å². The molecule has 0 aromatic heterocycles. The summed E-state index contributed by atoms with van der Waals surface area (Å²) >= 11 is 0. The van der Waals surface area contributed by atoms with E-state index in [1.165, 1.54) is 11.1 Å². The lowest BCUT2D eigenvalue weighted by Gasteiger charge is -2.39. The van der Waals surface area contributed by atoms with Gasteiger partial charge in [-0.25, -0.2) is 0 Å². The lowest BCUT2D eigenvalue weighted by molar-refractivity contribution is -0.123. The number of carbonyl (C=O) groups is 1. The molecule has 1 amide bonds. The summed E-state index contributed by atoms with van der Waals surface area (Å²) in [7, 11) is 0. The molecule has 1 heterocycles. The van der Waals surface area contributed by atoms with E-state index in [1.54, 1.807) is 0 Å². The molecule has 1 aliphatic rings. The van der Waals surface area contributed by atoms with Crippen molar-refractivity contribution >= 4 is 5.91 Å². The molecule has 4 heteroatoms. The van der Waals surface area contributed by atoms with Gasteiger partial charge in [-0.3, -0.25) is 4.79 Å². The minimum atomic E-state index is -0.427. The predicted octanol–water partition coefficient (Wildman–Crippen LogP) is 2.53. The average Bonchev–Trinajstić information content (AvgIpc) is 2.53. The number of hydrogen-bond donors (Lipinski definition) is 2. The molecule has 2 rings (SSSR count). The van der Waals surface area contributed by atoms with Crippen molar-refractivity contribution in [2.75, 3.05) is 19.8 Å². The van der Waals surface area contributed by atoms with Crippen molar-refractivity contribution in [2.45, 2.75) is 51.5 Å². The zero-order valence-electron chi connectivity index (χ0n) is 14.6. The highest BCUT2D eigenvalue weighted by atomic mass is 16.5. The summed E-state index contributed by atoms with van der Waals surface area (Å²) < 4.78 is 5.56. The van der Waals surface area contributed by atoms with Crippen LogP contribution in [0.15, 0.2) is 24.3 Å². The number of nitrogens with one attached hydrogen (secondary N) is 1. The average molecular weight is 318 g/mol. The number of carbonyl (C=O) groups excluding carboxylic acids is 1. The Morgan fingerprint density at radius 3 is 2.57 bits per heavy atom. The zero-order valence-corrected chi connectivity index (χ0v) is 14.6. The van der Waals surface area contributed by atoms with Gasteiger partial charge in [-0.15, -0.1) is 0 Å². The minimum Gasteiger partial charge on any atom is -0.381 e. The summed E-state index contributed by atoms with van der Waals surface area (Å²) in [5, 5.41) is 3.10. The lowest BCUT2D eigenvalue weighted by Crippen LogP contribution is -2.49. The second-order valence-corrected chi connectivity index (χ2v) is 7.16. The second kappa shape index (κ2) is 7.93. The number of aryl methyl sites for hydroxylation is 1. The molecule has 4 nitrogen and oxygen atoms in total. The second-order valence-electron chi connectivity index (χ2n) is 7.16. The first kappa shape index (κ1) is 18.0. The Hall–Kier alpha value is -1.39. The molecule has 1 aliphatic heterocycles. The van der Waals surface area contributed by atoms with E-state index in [0.717, 1.165) is 26.1 Å². The molecular formula is C19H30N2O2. The summed E-state index contributed by atoms with van der Waals surface area (Å²) in [6.07, 6.45) is 2.57. The first-order valence-corrected chi connectivity index (χ1v) is 8.62. The number of hydrogen-bond acceptors (Lipinski definition) is 3. The van der Waals surface area contributed by atoms with Gasteiger partial charge in [0.1, 0.15) is 0 Å². The maximum Gasteiger partial charge on any atom is 0.236 e. The fourth-order valence-corrected chi connectivity index (χ4v) is 3.47. The summed E-state index contributed by atoms with van der Waals surface area (Å²) in [4.78, 5) is 12.3. The first-order valence-electron chi connectivity index (χ1n) is 8.62. The summed E-state index contributed by atoms with van der Waals surface area (Å²) in [6, 6.07) is 8.03. The van der Waals surface area contributed by atoms with Crippen LogP contribution in [0, 0.1) is 12.8 Å². The highest BCUT2D eigenvalue weighted by molar-refractivity contribution is 5.81. The van der Waals surface area contributed by atoms with Crippen LogP contribution in [0.1, 0.15) is 44.2 Å². The van der Waals surface area contributed by atoms with Crippen molar-refractivity contribution in [3.63, 3.8) is 0 Å². The van der Waals surface area contributed by atoms with Crippen LogP contribution in [0.3, 0.4) is 0 Å². The molecule has 1 atom stereocenters. The smallest absolute Gasteiger partial charge is 0.236 e. The number of amides is 1. The van der Waals surface area contributed by atoms with E-state index in [0.29, 0.717) is 18.9 Å². The topological polar surface area (TPSA) is 64.4 Å². The van der Waals surface area contributed by atoms with Gasteiger partial charge in [0.15, 0.2) is 0 Å². The van der Waals surface area contributed by atoms with E-state index < -0.39 is 6.04 Å². The van der Waals surface area contributed by atoms with Crippen LogP contribution in [-0.4, -0.2) is 31.7 Å². The third kappa shape index (κ3) is 4.55. The van der Waals surface area contributed by atoms with Gasteiger partial charge in [0, 0.05) is 25.2 Å². The Balaban J connectivity index is 2.11. The van der Waals surface area contributed by atoms with E-state index >= 15 is 0 Å². The Bertz CT molecular complexity index is 522. The zero-order chi connectivity index (χ0) is 16.9. The van der Waals surface area contributed by atoms with Gasteiger partial charge >= 0.3 is 0 Å². The fourth-order valence-electron chi connectivity index (χ4n) is 3.47. The molecular weight excluding hydrogens is 288 g/mol. The van der Waals surface area contributed by atoms with E-state index in [2.05, 4.69) is 50.4 Å². The standard InChI is InChI=1S/C19H30N2O2/c1-14(2)12-17(20)18(22)21-13-19(8-10-23-11-9-19)16-7-5-4-6-15(16)3/h4-7,14,17H,8-13,20H2,1-3H3,(H,21,22)/t17-/m0/s1. The Morgan fingerprint density at radius 2 is 1.96 bits per heavy atom. The third-order valence-corrected chi connectivity index (χ3v) is 4.83. The van der Waals surface area contributed by atoms with Crippen LogP contribution in [0.4, 0.5) is 0 Å². The molecule has 1 fully saturated rings. The molecule has 0 unspecified atom stereocenters. The maximum atomic E-state index is 12.3. The third-order valence-electron chi connectivity index (χ3n) is 4.83. The fraction of sp³-hybridized carbons (Fsp3) is 0.632. The van der Waals surface area contributed by atoms with Crippen molar-refractivity contribution in [2.24, 2.45) is 11.7 Å². The first-order chi connectivity index (χ1) is 10.9. The van der Waals surface area contributed by atoms with Gasteiger partial charge < -0.3 is 15.8 Å². The van der Waals surface area contributed by atoms with Gasteiger partial charge in [-0.05, 0) is 43.2 Å². The molecule has 0 spiro atoms. The summed E-state index contributed by atoms with van der Waals surface area (Å²) in [6.45, 7) is 8.41. The van der Waals surface area contributed by atoms with Gasteiger partial charge in [-0.2, -0.15) is 0 Å². The Labute approximate surface area is 139 Å². The normalized spacial score (nSPS) is 18.7. The Morgan fingerprint density at radius 1 is 1.30 bits per heavy atom. The van der Waals surface area contributed by atoms with Crippen LogP contribution in [0.5, 0.6) is 0 Å². The van der Waals surface area contributed by atoms with Crippen LogP contribution >= 0.6 is 0 Å². The number of rotatable bonds is 6. The summed E-state index contributed by atoms with van der Waals surface area (Å²) in [5.74, 6) is 0.377. The largest absolute Gasteiger partial charge is 0.381 e. The van der Waals surface area contributed by atoms with Crippen LogP contribution in [0.25, 0.3) is 0 Å². The molecule has 1 saturated heterocycles. The van der Waals surface area contributed by atoms with Gasteiger partial charge in [0.25, 0.3) is 0 Å². The van der Waals surface area contributed by atoms with E-state index in [4.69, 9.17) is 10.5 Å². The molecule has 128 valence electrons. The van der Waals surface area contributed by atoms with Gasteiger partial charge in [0.05, 0.1) is 6.04 Å². The quantitative estimate of drug-likeness (QED) is 0.847. The molecule has 0 radical (unpaired) electrons. The molecule has 0 saturated carbocycles. The van der Waals surface area contributed by atoms with Crippen LogP contribution in [0.2, 0.25) is 0 Å². The molecule has 1 aromatic carbocycles. The highest BCUT2D eigenvalue weighted by Crippen LogP contribution is 2.36. The van der Waals surface area contributed by atoms with Crippen molar-refractivity contribution in [1.29, 1.82) is 0 Å². The monoisotopic (exact) mass is 318 g/mol. The molecule has 0 bridgehead atoms.